The minimum atomic E-state index is -0.0727. The fourth-order valence-electron chi connectivity index (χ4n) is 2.74. The van der Waals surface area contributed by atoms with Gasteiger partial charge in [-0.25, -0.2) is 9.97 Å². The van der Waals surface area contributed by atoms with Gasteiger partial charge in [0, 0.05) is 38.1 Å². The molecule has 0 bridgehead atoms. The molecule has 2 aromatic rings. The second kappa shape index (κ2) is 5.82. The molecule has 1 N–H and O–H groups in total. The molecule has 1 aromatic heterocycles. The van der Waals surface area contributed by atoms with Crippen molar-refractivity contribution in [3.05, 3.63) is 47.4 Å². The highest BCUT2D eigenvalue weighted by Crippen LogP contribution is 2.29. The zero-order valence-corrected chi connectivity index (χ0v) is 12.2. The summed E-state index contributed by atoms with van der Waals surface area (Å²) in [6.07, 6.45) is 3.90. The van der Waals surface area contributed by atoms with Crippen LogP contribution in [0.1, 0.15) is 23.7 Å². The Bertz CT molecular complexity index is 765. The first-order valence-corrected chi connectivity index (χ1v) is 7.03. The van der Waals surface area contributed by atoms with Crippen molar-refractivity contribution >= 4 is 17.4 Å². The van der Waals surface area contributed by atoms with Gasteiger partial charge in [-0.05, 0) is 23.6 Å². The van der Waals surface area contributed by atoms with Gasteiger partial charge >= 0.3 is 0 Å². The normalized spacial score (nSPS) is 13.2. The van der Waals surface area contributed by atoms with Crippen LogP contribution in [-0.4, -0.2) is 22.4 Å². The number of benzene rings is 1. The van der Waals surface area contributed by atoms with Crippen LogP contribution in [0, 0.1) is 11.3 Å². The Morgan fingerprint density at radius 3 is 2.95 bits per heavy atom. The molecule has 0 radical (unpaired) electrons. The van der Waals surface area contributed by atoms with Crippen LogP contribution in [0.4, 0.5) is 11.5 Å². The summed E-state index contributed by atoms with van der Waals surface area (Å²) in [6, 6.07) is 7.96. The van der Waals surface area contributed by atoms with Crippen LogP contribution in [-0.2, 0) is 17.8 Å². The van der Waals surface area contributed by atoms with E-state index < -0.39 is 0 Å². The molecular weight excluding hydrogens is 278 g/mol. The predicted molar refractivity (Wildman–Crippen MR) is 82.2 cm³/mol. The maximum absolute atomic E-state index is 11.3. The number of fused-ring (bicyclic) bond motifs is 1. The number of nitrogens with one attached hydrogen (secondary N) is 1. The zero-order chi connectivity index (χ0) is 15.5. The van der Waals surface area contributed by atoms with Crippen molar-refractivity contribution in [1.29, 1.82) is 5.26 Å². The summed E-state index contributed by atoms with van der Waals surface area (Å²) in [4.78, 5) is 21.7. The Balaban J connectivity index is 1.92. The lowest BCUT2D eigenvalue weighted by molar-refractivity contribution is -0.114. The molecule has 0 saturated carbocycles. The van der Waals surface area contributed by atoms with E-state index in [1.165, 1.54) is 13.1 Å². The molecule has 1 amide bonds. The van der Waals surface area contributed by atoms with Crippen LogP contribution in [0.2, 0.25) is 0 Å². The maximum Gasteiger partial charge on any atom is 0.221 e. The van der Waals surface area contributed by atoms with Crippen molar-refractivity contribution in [3.8, 4) is 6.07 Å². The third-order valence-corrected chi connectivity index (χ3v) is 3.66. The number of carbonyl (C=O) groups excluding carboxylic acids is 1. The largest absolute Gasteiger partial charge is 0.350 e. The molecule has 0 atom stereocenters. The fourth-order valence-corrected chi connectivity index (χ4v) is 2.74. The van der Waals surface area contributed by atoms with Crippen LogP contribution < -0.4 is 10.2 Å². The van der Waals surface area contributed by atoms with Gasteiger partial charge in [-0.1, -0.05) is 12.1 Å². The smallest absolute Gasteiger partial charge is 0.221 e. The first-order chi connectivity index (χ1) is 10.7. The minimum Gasteiger partial charge on any atom is -0.350 e. The number of rotatable bonds is 2. The highest BCUT2D eigenvalue weighted by atomic mass is 16.1. The summed E-state index contributed by atoms with van der Waals surface area (Å²) in [7, 11) is 0. The predicted octanol–water partition coefficient (Wildman–Crippen LogP) is 1.87. The number of hydrogen-bond acceptors (Lipinski definition) is 5. The van der Waals surface area contributed by atoms with Crippen molar-refractivity contribution in [3.63, 3.8) is 0 Å². The molecule has 0 saturated heterocycles. The molecule has 0 spiro atoms. The number of carbonyl (C=O) groups is 1. The second-order valence-corrected chi connectivity index (χ2v) is 5.14. The van der Waals surface area contributed by atoms with Gasteiger partial charge in [0.2, 0.25) is 5.91 Å². The lowest BCUT2D eigenvalue weighted by Crippen LogP contribution is -2.32. The van der Waals surface area contributed by atoms with Gasteiger partial charge in [0.05, 0.1) is 0 Å². The maximum atomic E-state index is 11.3. The molecule has 3 rings (SSSR count). The standard InChI is InChI=1S/C16H15N5O/c1-11(22)20-14-4-2-3-12-10-21(8-5-13(12)14)16-15(9-17)18-6-7-19-16/h2-4,6-7H,5,8,10H2,1H3,(H,20,22). The minimum absolute atomic E-state index is 0.0727. The van der Waals surface area contributed by atoms with Crippen molar-refractivity contribution in [1.82, 2.24) is 9.97 Å². The molecule has 6 heteroatoms. The summed E-state index contributed by atoms with van der Waals surface area (Å²) in [5.74, 6) is 0.539. The number of anilines is 2. The van der Waals surface area contributed by atoms with Crippen molar-refractivity contribution in [2.45, 2.75) is 19.9 Å². The van der Waals surface area contributed by atoms with E-state index in [0.717, 1.165) is 29.8 Å². The number of nitriles is 1. The summed E-state index contributed by atoms with van der Waals surface area (Å²) < 4.78 is 0. The first-order valence-electron chi connectivity index (χ1n) is 7.03. The third kappa shape index (κ3) is 2.61. The van der Waals surface area contributed by atoms with Crippen LogP contribution in [0.3, 0.4) is 0 Å². The Kier molecular flexibility index (Phi) is 3.71. The van der Waals surface area contributed by atoms with Crippen LogP contribution in [0.5, 0.6) is 0 Å². The van der Waals surface area contributed by atoms with E-state index in [1.54, 1.807) is 6.20 Å². The van der Waals surface area contributed by atoms with Gasteiger partial charge in [0.25, 0.3) is 0 Å². The van der Waals surface area contributed by atoms with E-state index in [4.69, 9.17) is 5.26 Å². The van der Waals surface area contributed by atoms with Gasteiger partial charge in [-0.3, -0.25) is 4.79 Å². The summed E-state index contributed by atoms with van der Waals surface area (Å²) in [6.45, 7) is 2.89. The molecule has 1 aliphatic heterocycles. The molecule has 22 heavy (non-hydrogen) atoms. The SMILES string of the molecule is CC(=O)Nc1cccc2c1CCN(c1nccnc1C#N)C2. The molecule has 0 fully saturated rings. The summed E-state index contributed by atoms with van der Waals surface area (Å²) in [5.41, 5.74) is 3.48. The highest BCUT2D eigenvalue weighted by molar-refractivity contribution is 5.89. The molecular formula is C16H15N5O. The van der Waals surface area contributed by atoms with E-state index in [0.29, 0.717) is 18.1 Å². The third-order valence-electron chi connectivity index (χ3n) is 3.66. The van der Waals surface area contributed by atoms with Crippen LogP contribution >= 0.6 is 0 Å². The van der Waals surface area contributed by atoms with E-state index >= 15 is 0 Å². The molecule has 0 aliphatic carbocycles. The first kappa shape index (κ1) is 14.0. The summed E-state index contributed by atoms with van der Waals surface area (Å²) in [5, 5.41) is 12.0. The van der Waals surface area contributed by atoms with Gasteiger partial charge < -0.3 is 10.2 Å². The van der Waals surface area contributed by atoms with Gasteiger partial charge in [-0.15, -0.1) is 0 Å². The van der Waals surface area contributed by atoms with Crippen LogP contribution in [0.15, 0.2) is 30.6 Å². The molecule has 2 heterocycles. The average molecular weight is 293 g/mol. The summed E-state index contributed by atoms with van der Waals surface area (Å²) >= 11 is 0. The van der Waals surface area contributed by atoms with Crippen LogP contribution in [0.25, 0.3) is 0 Å². The number of aromatic nitrogens is 2. The van der Waals surface area contributed by atoms with E-state index in [2.05, 4.69) is 21.4 Å². The molecule has 0 unspecified atom stereocenters. The van der Waals surface area contributed by atoms with Gasteiger partial charge in [0.1, 0.15) is 6.07 Å². The topological polar surface area (TPSA) is 81.9 Å². The number of hydrogen-bond donors (Lipinski definition) is 1. The van der Waals surface area contributed by atoms with E-state index in [1.807, 2.05) is 23.1 Å². The Labute approximate surface area is 128 Å². The lowest BCUT2D eigenvalue weighted by atomic mass is 9.97. The van der Waals surface area contributed by atoms with E-state index in [9.17, 15) is 4.79 Å². The second-order valence-electron chi connectivity index (χ2n) is 5.14. The molecule has 1 aliphatic rings. The molecule has 110 valence electrons. The Hall–Kier alpha value is -2.94. The quantitative estimate of drug-likeness (QED) is 0.914. The average Bonchev–Trinajstić information content (AvgIpc) is 2.54. The molecule has 1 aromatic carbocycles. The van der Waals surface area contributed by atoms with Gasteiger partial charge in [-0.2, -0.15) is 5.26 Å². The number of nitrogens with zero attached hydrogens (tertiary/aromatic N) is 4. The van der Waals surface area contributed by atoms with E-state index in [-0.39, 0.29) is 5.91 Å². The van der Waals surface area contributed by atoms with Crippen molar-refractivity contribution < 1.29 is 4.79 Å². The van der Waals surface area contributed by atoms with Crippen molar-refractivity contribution in [2.75, 3.05) is 16.8 Å². The monoisotopic (exact) mass is 293 g/mol. The lowest BCUT2D eigenvalue weighted by Gasteiger charge is -2.31. The Morgan fingerprint density at radius 2 is 2.18 bits per heavy atom. The zero-order valence-electron chi connectivity index (χ0n) is 12.2. The van der Waals surface area contributed by atoms with Gasteiger partial charge in [0.15, 0.2) is 11.5 Å². The number of amides is 1. The Morgan fingerprint density at radius 1 is 1.36 bits per heavy atom. The highest BCUT2D eigenvalue weighted by Gasteiger charge is 2.22. The van der Waals surface area contributed by atoms with Crippen molar-refractivity contribution in [2.24, 2.45) is 0 Å². The fraction of sp³-hybridized carbons (Fsp3) is 0.250. The molecule has 6 nitrogen and oxygen atoms in total.